The highest BCUT2D eigenvalue weighted by Crippen LogP contribution is 2.20. The molecule has 18 heavy (non-hydrogen) atoms. The highest BCUT2D eigenvalue weighted by molar-refractivity contribution is 9.10. The molecule has 1 aliphatic rings. The van der Waals surface area contributed by atoms with Crippen LogP contribution >= 0.6 is 15.9 Å². The maximum Gasteiger partial charge on any atom is 0.249 e. The summed E-state index contributed by atoms with van der Waals surface area (Å²) in [5.41, 5.74) is 1.67. The van der Waals surface area contributed by atoms with Crippen molar-refractivity contribution >= 4 is 33.4 Å². The van der Waals surface area contributed by atoms with Gasteiger partial charge in [0, 0.05) is 10.2 Å². The summed E-state index contributed by atoms with van der Waals surface area (Å²) < 4.78 is 5.97. The Labute approximate surface area is 113 Å². The topological polar surface area (TPSA) is 67.4 Å². The van der Waals surface area contributed by atoms with E-state index in [1.807, 2.05) is 25.1 Å². The zero-order chi connectivity index (χ0) is 13.1. The molecule has 1 atom stereocenters. The van der Waals surface area contributed by atoms with Gasteiger partial charge in [-0.3, -0.25) is 9.59 Å². The van der Waals surface area contributed by atoms with Crippen LogP contribution in [0.3, 0.4) is 0 Å². The van der Waals surface area contributed by atoms with Gasteiger partial charge in [-0.2, -0.15) is 0 Å². The van der Waals surface area contributed by atoms with Crippen molar-refractivity contribution in [1.29, 1.82) is 0 Å². The molecule has 1 unspecified atom stereocenters. The first-order valence-electron chi connectivity index (χ1n) is 5.50. The van der Waals surface area contributed by atoms with Crippen LogP contribution in [0.4, 0.5) is 5.69 Å². The number of carbonyl (C=O) groups excluding carboxylic acids is 2. The van der Waals surface area contributed by atoms with Gasteiger partial charge in [0.05, 0.1) is 6.61 Å². The van der Waals surface area contributed by atoms with E-state index < -0.39 is 6.04 Å². The van der Waals surface area contributed by atoms with E-state index in [4.69, 9.17) is 4.74 Å². The molecule has 6 heteroatoms. The smallest absolute Gasteiger partial charge is 0.249 e. The van der Waals surface area contributed by atoms with Gasteiger partial charge in [0.15, 0.2) is 0 Å². The van der Waals surface area contributed by atoms with Crippen molar-refractivity contribution < 1.29 is 14.3 Å². The van der Waals surface area contributed by atoms with Gasteiger partial charge < -0.3 is 15.4 Å². The molecule has 0 aromatic heterocycles. The average Bonchev–Trinajstić information content (AvgIpc) is 2.32. The third-order valence-electron chi connectivity index (χ3n) is 2.62. The van der Waals surface area contributed by atoms with Crippen LogP contribution in [-0.2, 0) is 14.3 Å². The Balaban J connectivity index is 2.04. The largest absolute Gasteiger partial charge is 0.369 e. The van der Waals surface area contributed by atoms with Gasteiger partial charge in [0.2, 0.25) is 11.8 Å². The van der Waals surface area contributed by atoms with Crippen LogP contribution in [0, 0.1) is 6.92 Å². The normalized spacial score (nSPS) is 19.2. The van der Waals surface area contributed by atoms with Crippen LogP contribution in [-0.4, -0.2) is 31.1 Å². The molecule has 0 radical (unpaired) electrons. The molecule has 1 aromatic rings. The fourth-order valence-corrected chi connectivity index (χ4v) is 2.15. The molecular weight excluding hydrogens is 300 g/mol. The van der Waals surface area contributed by atoms with Crippen molar-refractivity contribution in [2.24, 2.45) is 0 Å². The summed E-state index contributed by atoms with van der Waals surface area (Å²) in [4.78, 5) is 23.1. The molecule has 0 spiro atoms. The second-order valence-corrected chi connectivity index (χ2v) is 5.00. The molecule has 1 aromatic carbocycles. The zero-order valence-electron chi connectivity index (χ0n) is 9.83. The van der Waals surface area contributed by atoms with Crippen LogP contribution in [0.1, 0.15) is 5.56 Å². The van der Waals surface area contributed by atoms with E-state index >= 15 is 0 Å². The van der Waals surface area contributed by atoms with E-state index in [9.17, 15) is 9.59 Å². The Morgan fingerprint density at radius 2 is 2.33 bits per heavy atom. The predicted molar refractivity (Wildman–Crippen MR) is 70.3 cm³/mol. The van der Waals surface area contributed by atoms with E-state index in [0.29, 0.717) is 0 Å². The van der Waals surface area contributed by atoms with Gasteiger partial charge in [-0.15, -0.1) is 0 Å². The summed E-state index contributed by atoms with van der Waals surface area (Å²) in [5.74, 6) is -0.539. The van der Waals surface area contributed by atoms with Crippen molar-refractivity contribution in [3.8, 4) is 0 Å². The lowest BCUT2D eigenvalue weighted by atomic mass is 10.2. The summed E-state index contributed by atoms with van der Waals surface area (Å²) in [7, 11) is 0. The number of hydrogen-bond donors (Lipinski definition) is 2. The third kappa shape index (κ3) is 3.08. The SMILES string of the molecule is Cc1cc(Br)ccc1NC(=O)C1COCC(=O)N1. The summed E-state index contributed by atoms with van der Waals surface area (Å²) in [6, 6.07) is 4.93. The Morgan fingerprint density at radius 3 is 3.00 bits per heavy atom. The molecule has 5 nitrogen and oxygen atoms in total. The van der Waals surface area contributed by atoms with Crippen LogP contribution in [0.25, 0.3) is 0 Å². The maximum atomic E-state index is 11.9. The number of halogens is 1. The minimum Gasteiger partial charge on any atom is -0.369 e. The van der Waals surface area contributed by atoms with Crippen LogP contribution in [0.5, 0.6) is 0 Å². The number of carbonyl (C=O) groups is 2. The highest BCUT2D eigenvalue weighted by atomic mass is 79.9. The van der Waals surface area contributed by atoms with Crippen LogP contribution in [0.2, 0.25) is 0 Å². The number of amides is 2. The van der Waals surface area contributed by atoms with Gasteiger partial charge in [-0.05, 0) is 30.7 Å². The molecule has 96 valence electrons. The molecular formula is C12H13BrN2O3. The molecule has 2 N–H and O–H groups in total. The number of morpholine rings is 1. The highest BCUT2D eigenvalue weighted by Gasteiger charge is 2.25. The number of rotatable bonds is 2. The van der Waals surface area contributed by atoms with Crippen molar-refractivity contribution in [3.05, 3.63) is 28.2 Å². The van der Waals surface area contributed by atoms with Crippen molar-refractivity contribution in [2.45, 2.75) is 13.0 Å². The number of anilines is 1. The van der Waals surface area contributed by atoms with Crippen molar-refractivity contribution in [2.75, 3.05) is 18.5 Å². The Hall–Kier alpha value is -1.40. The van der Waals surface area contributed by atoms with Crippen LogP contribution < -0.4 is 10.6 Å². The number of hydrogen-bond acceptors (Lipinski definition) is 3. The molecule has 1 saturated heterocycles. The van der Waals surface area contributed by atoms with Gasteiger partial charge >= 0.3 is 0 Å². The second-order valence-electron chi connectivity index (χ2n) is 4.08. The molecule has 2 amide bonds. The lowest BCUT2D eigenvalue weighted by molar-refractivity contribution is -0.136. The molecule has 1 aliphatic heterocycles. The van der Waals surface area contributed by atoms with Crippen molar-refractivity contribution in [3.63, 3.8) is 0 Å². The molecule has 2 rings (SSSR count). The van der Waals surface area contributed by atoms with E-state index in [2.05, 4.69) is 26.6 Å². The molecule has 0 bridgehead atoms. The minimum absolute atomic E-state index is 0.0150. The standard InChI is InChI=1S/C12H13BrN2O3/c1-7-4-8(13)2-3-9(7)15-12(17)10-5-18-6-11(16)14-10/h2-4,10H,5-6H2,1H3,(H,14,16)(H,15,17). The Bertz CT molecular complexity index is 490. The first-order chi connectivity index (χ1) is 8.56. The quantitative estimate of drug-likeness (QED) is 0.862. The minimum atomic E-state index is -0.630. The van der Waals surface area contributed by atoms with Gasteiger partial charge in [-0.1, -0.05) is 15.9 Å². The predicted octanol–water partition coefficient (Wildman–Crippen LogP) is 1.21. The Morgan fingerprint density at radius 1 is 1.56 bits per heavy atom. The molecule has 1 heterocycles. The van der Waals surface area contributed by atoms with E-state index in [0.717, 1.165) is 15.7 Å². The monoisotopic (exact) mass is 312 g/mol. The lowest BCUT2D eigenvalue weighted by Gasteiger charge is -2.23. The Kier molecular flexibility index (Phi) is 3.98. The van der Waals surface area contributed by atoms with E-state index in [1.165, 1.54) is 0 Å². The molecule has 1 fully saturated rings. The summed E-state index contributed by atoms with van der Waals surface area (Å²) in [5, 5.41) is 5.36. The number of ether oxygens (including phenoxy) is 1. The summed E-state index contributed by atoms with van der Waals surface area (Å²) in [6.45, 7) is 2.12. The number of nitrogens with one attached hydrogen (secondary N) is 2. The van der Waals surface area contributed by atoms with E-state index in [-0.39, 0.29) is 25.0 Å². The fraction of sp³-hybridized carbons (Fsp3) is 0.333. The number of aryl methyl sites for hydroxylation is 1. The molecule has 0 aliphatic carbocycles. The number of benzene rings is 1. The van der Waals surface area contributed by atoms with Gasteiger partial charge in [0.25, 0.3) is 0 Å². The van der Waals surface area contributed by atoms with Crippen LogP contribution in [0.15, 0.2) is 22.7 Å². The fourth-order valence-electron chi connectivity index (χ4n) is 1.68. The van der Waals surface area contributed by atoms with Crippen molar-refractivity contribution in [1.82, 2.24) is 5.32 Å². The first-order valence-corrected chi connectivity index (χ1v) is 6.29. The first kappa shape index (κ1) is 13.0. The third-order valence-corrected chi connectivity index (χ3v) is 3.11. The zero-order valence-corrected chi connectivity index (χ0v) is 11.4. The maximum absolute atomic E-state index is 11.9. The average molecular weight is 313 g/mol. The van der Waals surface area contributed by atoms with Gasteiger partial charge in [0.1, 0.15) is 12.6 Å². The second kappa shape index (κ2) is 5.49. The molecule has 0 saturated carbocycles. The van der Waals surface area contributed by atoms with Gasteiger partial charge in [-0.25, -0.2) is 0 Å². The summed E-state index contributed by atoms with van der Waals surface area (Å²) in [6.07, 6.45) is 0. The van der Waals surface area contributed by atoms with E-state index in [1.54, 1.807) is 0 Å². The summed E-state index contributed by atoms with van der Waals surface area (Å²) >= 11 is 3.36. The lowest BCUT2D eigenvalue weighted by Crippen LogP contribution is -2.52.